The number of ether oxygens (including phenoxy) is 2. The SMILES string of the molecule is COCCCN(CCOC)C(=O)C1CC2CCCCC2N1.Cl. The zero-order chi connectivity index (χ0) is 15.1. The fourth-order valence-corrected chi connectivity index (χ4v) is 3.66. The number of nitrogens with zero attached hydrogens (tertiary/aromatic N) is 1. The highest BCUT2D eigenvalue weighted by molar-refractivity contribution is 5.85. The average molecular weight is 335 g/mol. The molecule has 1 N–H and O–H groups in total. The molecule has 2 fully saturated rings. The van der Waals surface area contributed by atoms with E-state index in [2.05, 4.69) is 5.32 Å². The third-order valence-electron chi connectivity index (χ3n) is 4.81. The monoisotopic (exact) mass is 334 g/mol. The normalized spacial score (nSPS) is 27.1. The maximum Gasteiger partial charge on any atom is 0.239 e. The van der Waals surface area contributed by atoms with Gasteiger partial charge in [-0.05, 0) is 31.6 Å². The van der Waals surface area contributed by atoms with E-state index >= 15 is 0 Å². The highest BCUT2D eigenvalue weighted by atomic mass is 35.5. The van der Waals surface area contributed by atoms with Crippen LogP contribution in [0.3, 0.4) is 0 Å². The fraction of sp³-hybridized carbons (Fsp3) is 0.938. The molecule has 1 saturated heterocycles. The van der Waals surface area contributed by atoms with Crippen molar-refractivity contribution in [3.63, 3.8) is 0 Å². The van der Waals surface area contributed by atoms with Crippen LogP contribution >= 0.6 is 12.4 Å². The minimum atomic E-state index is 0. The van der Waals surface area contributed by atoms with Gasteiger partial charge in [0.25, 0.3) is 0 Å². The largest absolute Gasteiger partial charge is 0.385 e. The first-order valence-electron chi connectivity index (χ1n) is 8.29. The van der Waals surface area contributed by atoms with E-state index in [1.54, 1.807) is 14.2 Å². The Bertz CT molecular complexity index is 317. The molecule has 0 radical (unpaired) electrons. The Labute approximate surface area is 140 Å². The molecule has 0 aromatic heterocycles. The van der Waals surface area contributed by atoms with E-state index < -0.39 is 0 Å². The number of carbonyl (C=O) groups is 1. The smallest absolute Gasteiger partial charge is 0.239 e. The summed E-state index contributed by atoms with van der Waals surface area (Å²) < 4.78 is 10.2. The van der Waals surface area contributed by atoms with Crippen LogP contribution < -0.4 is 5.32 Å². The fourth-order valence-electron chi connectivity index (χ4n) is 3.66. The Morgan fingerprint density at radius 2 is 1.86 bits per heavy atom. The molecule has 1 aliphatic heterocycles. The van der Waals surface area contributed by atoms with Crippen molar-refractivity contribution >= 4 is 18.3 Å². The van der Waals surface area contributed by atoms with Crippen LogP contribution in [0.4, 0.5) is 0 Å². The summed E-state index contributed by atoms with van der Waals surface area (Å²) in [6, 6.07) is 0.577. The van der Waals surface area contributed by atoms with Gasteiger partial charge in [-0.25, -0.2) is 0 Å². The van der Waals surface area contributed by atoms with Gasteiger partial charge in [0.1, 0.15) is 0 Å². The van der Waals surface area contributed by atoms with E-state index in [0.717, 1.165) is 19.4 Å². The molecule has 22 heavy (non-hydrogen) atoms. The zero-order valence-corrected chi connectivity index (χ0v) is 14.7. The van der Waals surface area contributed by atoms with Gasteiger partial charge in [0.2, 0.25) is 5.91 Å². The lowest BCUT2D eigenvalue weighted by Gasteiger charge is -2.26. The Kier molecular flexibility index (Phi) is 9.33. The van der Waals surface area contributed by atoms with E-state index in [4.69, 9.17) is 9.47 Å². The number of halogens is 1. The third-order valence-corrected chi connectivity index (χ3v) is 4.81. The van der Waals surface area contributed by atoms with Gasteiger partial charge in [0.15, 0.2) is 0 Å². The van der Waals surface area contributed by atoms with E-state index in [1.165, 1.54) is 25.7 Å². The molecule has 3 unspecified atom stereocenters. The summed E-state index contributed by atoms with van der Waals surface area (Å²) in [5.41, 5.74) is 0. The predicted octanol–water partition coefficient (Wildman–Crippen LogP) is 1.84. The lowest BCUT2D eigenvalue weighted by molar-refractivity contribution is -0.134. The van der Waals surface area contributed by atoms with Gasteiger partial charge >= 0.3 is 0 Å². The van der Waals surface area contributed by atoms with Crippen molar-refractivity contribution < 1.29 is 14.3 Å². The highest BCUT2D eigenvalue weighted by Gasteiger charge is 2.39. The first-order chi connectivity index (χ1) is 10.3. The Morgan fingerprint density at radius 1 is 1.14 bits per heavy atom. The molecular weight excluding hydrogens is 304 g/mol. The number of fused-ring (bicyclic) bond motifs is 1. The number of carbonyl (C=O) groups excluding carboxylic acids is 1. The second-order valence-corrected chi connectivity index (χ2v) is 6.27. The van der Waals surface area contributed by atoms with Crippen LogP contribution in [0.25, 0.3) is 0 Å². The van der Waals surface area contributed by atoms with E-state index in [9.17, 15) is 4.79 Å². The molecule has 1 amide bonds. The number of nitrogens with one attached hydrogen (secondary N) is 1. The summed E-state index contributed by atoms with van der Waals surface area (Å²) in [6.07, 6.45) is 7.03. The molecule has 0 spiro atoms. The van der Waals surface area contributed by atoms with Gasteiger partial charge in [-0.2, -0.15) is 0 Å². The van der Waals surface area contributed by atoms with Gasteiger partial charge in [-0.3, -0.25) is 4.79 Å². The van der Waals surface area contributed by atoms with Gasteiger partial charge in [-0.1, -0.05) is 12.8 Å². The molecule has 5 nitrogen and oxygen atoms in total. The number of hydrogen-bond acceptors (Lipinski definition) is 4. The zero-order valence-electron chi connectivity index (χ0n) is 13.9. The van der Waals surface area contributed by atoms with Crippen molar-refractivity contribution in [3.05, 3.63) is 0 Å². The van der Waals surface area contributed by atoms with Crippen LogP contribution in [-0.4, -0.2) is 63.4 Å². The van der Waals surface area contributed by atoms with Gasteiger partial charge in [0.05, 0.1) is 12.6 Å². The van der Waals surface area contributed by atoms with E-state index in [1.807, 2.05) is 4.90 Å². The predicted molar refractivity (Wildman–Crippen MR) is 89.5 cm³/mol. The van der Waals surface area contributed by atoms with E-state index in [0.29, 0.717) is 31.7 Å². The third kappa shape index (κ3) is 5.37. The first-order valence-corrected chi connectivity index (χ1v) is 8.29. The average Bonchev–Trinajstić information content (AvgIpc) is 2.94. The molecule has 3 atom stereocenters. The summed E-state index contributed by atoms with van der Waals surface area (Å²) in [5, 5.41) is 3.58. The molecule has 130 valence electrons. The Hall–Kier alpha value is -0.360. The minimum Gasteiger partial charge on any atom is -0.385 e. The summed E-state index contributed by atoms with van der Waals surface area (Å²) in [5.74, 6) is 0.952. The summed E-state index contributed by atoms with van der Waals surface area (Å²) in [6.45, 7) is 2.72. The molecule has 0 aromatic rings. The summed E-state index contributed by atoms with van der Waals surface area (Å²) >= 11 is 0. The molecule has 2 rings (SSSR count). The maximum atomic E-state index is 12.8. The molecule has 1 aliphatic carbocycles. The van der Waals surface area contributed by atoms with Crippen LogP contribution in [0.5, 0.6) is 0 Å². The van der Waals surface area contributed by atoms with Gasteiger partial charge < -0.3 is 19.7 Å². The van der Waals surface area contributed by atoms with Crippen LogP contribution in [0, 0.1) is 5.92 Å². The van der Waals surface area contributed by atoms with Crippen molar-refractivity contribution in [1.82, 2.24) is 10.2 Å². The van der Waals surface area contributed by atoms with Gasteiger partial charge in [-0.15, -0.1) is 12.4 Å². The molecule has 0 aromatic carbocycles. The molecular formula is C16H31ClN2O3. The van der Waals surface area contributed by atoms with Crippen LogP contribution in [0.15, 0.2) is 0 Å². The number of hydrogen-bond donors (Lipinski definition) is 1. The first kappa shape index (κ1) is 19.7. The Morgan fingerprint density at radius 3 is 2.55 bits per heavy atom. The van der Waals surface area contributed by atoms with Crippen molar-refractivity contribution in [1.29, 1.82) is 0 Å². The number of methoxy groups -OCH3 is 2. The van der Waals surface area contributed by atoms with Crippen LogP contribution in [-0.2, 0) is 14.3 Å². The van der Waals surface area contributed by atoms with E-state index in [-0.39, 0.29) is 24.4 Å². The van der Waals surface area contributed by atoms with Crippen molar-refractivity contribution in [2.75, 3.05) is 40.5 Å². The molecule has 6 heteroatoms. The molecule has 0 bridgehead atoms. The highest BCUT2D eigenvalue weighted by Crippen LogP contribution is 2.33. The molecule has 1 saturated carbocycles. The minimum absolute atomic E-state index is 0. The second-order valence-electron chi connectivity index (χ2n) is 6.27. The van der Waals surface area contributed by atoms with Crippen LogP contribution in [0.1, 0.15) is 38.5 Å². The summed E-state index contributed by atoms with van der Waals surface area (Å²) in [7, 11) is 3.38. The van der Waals surface area contributed by atoms with Crippen LogP contribution in [0.2, 0.25) is 0 Å². The second kappa shape index (κ2) is 10.4. The Balaban J connectivity index is 0.00000242. The van der Waals surface area contributed by atoms with Crippen molar-refractivity contribution in [2.45, 2.75) is 50.6 Å². The standard InChI is InChI=1S/C16H30N2O3.ClH/c1-20-10-5-8-18(9-11-21-2)16(19)15-12-13-6-3-4-7-14(13)17-15;/h13-15,17H,3-12H2,1-2H3;1H. The molecule has 1 heterocycles. The molecule has 2 aliphatic rings. The summed E-state index contributed by atoms with van der Waals surface area (Å²) in [4.78, 5) is 14.7. The number of rotatable bonds is 8. The maximum absolute atomic E-state index is 12.8. The lowest BCUT2D eigenvalue weighted by atomic mass is 9.85. The number of amides is 1. The topological polar surface area (TPSA) is 50.8 Å². The van der Waals surface area contributed by atoms with Crippen molar-refractivity contribution in [2.24, 2.45) is 5.92 Å². The quantitative estimate of drug-likeness (QED) is 0.688. The van der Waals surface area contributed by atoms with Gasteiger partial charge in [0, 0.05) is 40.0 Å². The van der Waals surface area contributed by atoms with Crippen molar-refractivity contribution in [3.8, 4) is 0 Å². The lowest BCUT2D eigenvalue weighted by Crippen LogP contribution is -2.47.